The predicted octanol–water partition coefficient (Wildman–Crippen LogP) is 3.18. The Bertz CT molecular complexity index is 929. The average Bonchev–Trinajstić information content (AvgIpc) is 2.80. The number of carbonyl (C=O) groups excluding carboxylic acids is 3. The van der Waals surface area contributed by atoms with Gasteiger partial charge in [0.05, 0.1) is 12.5 Å². The molecule has 1 aliphatic rings. The molecule has 1 saturated heterocycles. The molecule has 7 heteroatoms. The summed E-state index contributed by atoms with van der Waals surface area (Å²) < 4.78 is 11.1. The maximum Gasteiger partial charge on any atom is 0.308 e. The van der Waals surface area contributed by atoms with Crippen LogP contribution in [0.4, 0.5) is 0 Å². The summed E-state index contributed by atoms with van der Waals surface area (Å²) in [6, 6.07) is 16.6. The minimum absolute atomic E-state index is 0.180. The number of nitrogens with zero attached hydrogens (tertiary/aromatic N) is 1. The van der Waals surface area contributed by atoms with Gasteiger partial charge in [-0.05, 0) is 43.5 Å². The molecule has 1 heterocycles. The first-order valence-corrected chi connectivity index (χ1v) is 11.0. The lowest BCUT2D eigenvalue weighted by molar-refractivity contribution is -0.156. The van der Waals surface area contributed by atoms with Crippen molar-refractivity contribution in [1.29, 1.82) is 0 Å². The van der Waals surface area contributed by atoms with Crippen molar-refractivity contribution in [3.63, 3.8) is 0 Å². The summed E-state index contributed by atoms with van der Waals surface area (Å²) in [6.07, 6.45) is -0.546. The fourth-order valence-corrected chi connectivity index (χ4v) is 3.54. The normalized spacial score (nSPS) is 17.8. The van der Waals surface area contributed by atoms with Crippen molar-refractivity contribution >= 4 is 17.8 Å². The molecule has 1 aliphatic heterocycles. The van der Waals surface area contributed by atoms with Crippen molar-refractivity contribution in [3.05, 3.63) is 54.6 Å². The standard InChI is InChI=1S/C25H30N2O5/c1-4-17(2)31-23(28)16-22-24(29)26-14-15-27(22)25(30)18(3)32-21-12-10-20(11-13-21)19-8-6-5-7-9-19/h5-13,17-18,22H,4,14-16H2,1-3H3,(H,26,29). The Morgan fingerprint density at radius 2 is 1.72 bits per heavy atom. The van der Waals surface area contributed by atoms with E-state index in [1.165, 1.54) is 4.90 Å². The van der Waals surface area contributed by atoms with E-state index in [-0.39, 0.29) is 24.3 Å². The van der Waals surface area contributed by atoms with Gasteiger partial charge in [-0.2, -0.15) is 0 Å². The fourth-order valence-electron chi connectivity index (χ4n) is 3.54. The second kappa shape index (κ2) is 10.8. The van der Waals surface area contributed by atoms with Crippen LogP contribution in [0.1, 0.15) is 33.6 Å². The molecule has 170 valence electrons. The molecular weight excluding hydrogens is 408 g/mol. The minimum Gasteiger partial charge on any atom is -0.481 e. The lowest BCUT2D eigenvalue weighted by Crippen LogP contribution is -2.60. The number of benzene rings is 2. The highest BCUT2D eigenvalue weighted by atomic mass is 16.5. The molecule has 0 aliphatic carbocycles. The molecule has 2 aromatic rings. The van der Waals surface area contributed by atoms with Crippen LogP contribution in [0.5, 0.6) is 5.75 Å². The van der Waals surface area contributed by atoms with Crippen molar-refractivity contribution < 1.29 is 23.9 Å². The average molecular weight is 439 g/mol. The number of piperazine rings is 1. The van der Waals surface area contributed by atoms with Gasteiger partial charge in [0.25, 0.3) is 5.91 Å². The van der Waals surface area contributed by atoms with Gasteiger partial charge in [0.2, 0.25) is 5.91 Å². The van der Waals surface area contributed by atoms with Crippen LogP contribution in [-0.4, -0.2) is 54.0 Å². The fraction of sp³-hybridized carbons (Fsp3) is 0.400. The summed E-state index contributed by atoms with van der Waals surface area (Å²) in [6.45, 7) is 5.99. The van der Waals surface area contributed by atoms with Crippen LogP contribution in [0, 0.1) is 0 Å². The molecule has 2 aromatic carbocycles. The summed E-state index contributed by atoms with van der Waals surface area (Å²) in [5.41, 5.74) is 2.14. The van der Waals surface area contributed by atoms with E-state index in [9.17, 15) is 14.4 Å². The second-order valence-corrected chi connectivity index (χ2v) is 7.90. The lowest BCUT2D eigenvalue weighted by Gasteiger charge is -2.36. The van der Waals surface area contributed by atoms with Crippen molar-refractivity contribution in [2.75, 3.05) is 13.1 Å². The highest BCUT2D eigenvalue weighted by Crippen LogP contribution is 2.23. The number of nitrogens with one attached hydrogen (secondary N) is 1. The molecule has 3 rings (SSSR count). The van der Waals surface area contributed by atoms with Gasteiger partial charge in [0.15, 0.2) is 6.10 Å². The van der Waals surface area contributed by atoms with Crippen LogP contribution in [0.2, 0.25) is 0 Å². The Labute approximate surface area is 188 Å². The Morgan fingerprint density at radius 1 is 1.06 bits per heavy atom. The van der Waals surface area contributed by atoms with E-state index in [1.807, 2.05) is 61.5 Å². The molecule has 32 heavy (non-hydrogen) atoms. The van der Waals surface area contributed by atoms with E-state index in [0.717, 1.165) is 11.1 Å². The van der Waals surface area contributed by atoms with Gasteiger partial charge in [0.1, 0.15) is 11.8 Å². The SMILES string of the molecule is CCC(C)OC(=O)CC1C(=O)NCCN1C(=O)C(C)Oc1ccc(-c2ccccc2)cc1. The lowest BCUT2D eigenvalue weighted by atomic mass is 10.1. The van der Waals surface area contributed by atoms with Gasteiger partial charge in [-0.1, -0.05) is 49.4 Å². The van der Waals surface area contributed by atoms with E-state index < -0.39 is 18.1 Å². The molecule has 3 atom stereocenters. The Balaban J connectivity index is 1.65. The van der Waals surface area contributed by atoms with E-state index >= 15 is 0 Å². The molecule has 0 radical (unpaired) electrons. The Kier molecular flexibility index (Phi) is 7.87. The molecule has 7 nitrogen and oxygen atoms in total. The number of esters is 1. The van der Waals surface area contributed by atoms with Crippen molar-refractivity contribution in [2.24, 2.45) is 0 Å². The van der Waals surface area contributed by atoms with Crippen LogP contribution in [0.25, 0.3) is 11.1 Å². The molecule has 2 amide bonds. The van der Waals surface area contributed by atoms with Gasteiger partial charge in [-0.3, -0.25) is 14.4 Å². The molecule has 0 bridgehead atoms. The summed E-state index contributed by atoms with van der Waals surface area (Å²) in [5, 5.41) is 2.72. The zero-order chi connectivity index (χ0) is 23.1. The number of ether oxygens (including phenoxy) is 2. The first-order valence-electron chi connectivity index (χ1n) is 11.0. The number of hydrogen-bond donors (Lipinski definition) is 1. The quantitative estimate of drug-likeness (QED) is 0.640. The predicted molar refractivity (Wildman–Crippen MR) is 121 cm³/mol. The Hall–Kier alpha value is -3.35. The number of amides is 2. The zero-order valence-electron chi connectivity index (χ0n) is 18.7. The third-order valence-electron chi connectivity index (χ3n) is 5.50. The van der Waals surface area contributed by atoms with Gasteiger partial charge in [0, 0.05) is 13.1 Å². The first kappa shape index (κ1) is 23.3. The van der Waals surface area contributed by atoms with Crippen LogP contribution >= 0.6 is 0 Å². The molecule has 0 spiro atoms. The molecular formula is C25H30N2O5. The smallest absolute Gasteiger partial charge is 0.308 e. The van der Waals surface area contributed by atoms with Crippen molar-refractivity contribution in [2.45, 2.75) is 51.9 Å². The zero-order valence-corrected chi connectivity index (χ0v) is 18.7. The second-order valence-electron chi connectivity index (χ2n) is 7.90. The maximum absolute atomic E-state index is 13.1. The third-order valence-corrected chi connectivity index (χ3v) is 5.50. The van der Waals surface area contributed by atoms with Crippen molar-refractivity contribution in [1.82, 2.24) is 10.2 Å². The van der Waals surface area contributed by atoms with Gasteiger partial charge >= 0.3 is 5.97 Å². The van der Waals surface area contributed by atoms with Crippen LogP contribution in [-0.2, 0) is 19.1 Å². The monoisotopic (exact) mass is 438 g/mol. The summed E-state index contributed by atoms with van der Waals surface area (Å²) in [7, 11) is 0. The summed E-state index contributed by atoms with van der Waals surface area (Å²) >= 11 is 0. The van der Waals surface area contributed by atoms with E-state index in [0.29, 0.717) is 25.3 Å². The molecule has 1 N–H and O–H groups in total. The van der Waals surface area contributed by atoms with Crippen molar-refractivity contribution in [3.8, 4) is 16.9 Å². The highest BCUT2D eigenvalue weighted by molar-refractivity contribution is 5.93. The van der Waals surface area contributed by atoms with Gasteiger partial charge in [-0.25, -0.2) is 0 Å². The van der Waals surface area contributed by atoms with E-state index in [1.54, 1.807) is 13.8 Å². The molecule has 3 unspecified atom stereocenters. The Morgan fingerprint density at radius 3 is 2.38 bits per heavy atom. The third kappa shape index (κ3) is 5.87. The summed E-state index contributed by atoms with van der Waals surface area (Å²) in [5.74, 6) is -0.637. The van der Waals surface area contributed by atoms with E-state index in [4.69, 9.17) is 9.47 Å². The number of rotatable bonds is 8. The van der Waals surface area contributed by atoms with Gasteiger partial charge in [-0.15, -0.1) is 0 Å². The van der Waals surface area contributed by atoms with Gasteiger partial charge < -0.3 is 19.7 Å². The van der Waals surface area contributed by atoms with E-state index in [2.05, 4.69) is 5.32 Å². The molecule has 0 saturated carbocycles. The van der Waals surface area contributed by atoms with Crippen LogP contribution in [0.15, 0.2) is 54.6 Å². The minimum atomic E-state index is -0.903. The molecule has 0 aromatic heterocycles. The number of hydrogen-bond acceptors (Lipinski definition) is 5. The molecule has 1 fully saturated rings. The van der Waals surface area contributed by atoms with Crippen LogP contribution in [0.3, 0.4) is 0 Å². The topological polar surface area (TPSA) is 84.9 Å². The largest absolute Gasteiger partial charge is 0.481 e. The summed E-state index contributed by atoms with van der Waals surface area (Å²) in [4.78, 5) is 39.1. The number of carbonyl (C=O) groups is 3. The van der Waals surface area contributed by atoms with Crippen LogP contribution < -0.4 is 10.1 Å². The highest BCUT2D eigenvalue weighted by Gasteiger charge is 2.37. The first-order chi connectivity index (χ1) is 15.4. The maximum atomic E-state index is 13.1.